The van der Waals surface area contributed by atoms with Gasteiger partial charge in [-0.15, -0.1) is 0 Å². The average Bonchev–Trinajstić information content (AvgIpc) is 2.99. The lowest BCUT2D eigenvalue weighted by Crippen LogP contribution is -2.47. The lowest BCUT2D eigenvalue weighted by atomic mass is 9.86. The van der Waals surface area contributed by atoms with Crippen LogP contribution in [0.2, 0.25) is 0 Å². The number of methoxy groups -OCH3 is 2. The van der Waals surface area contributed by atoms with E-state index in [1.54, 1.807) is 20.4 Å². The van der Waals surface area contributed by atoms with Gasteiger partial charge in [-0.3, -0.25) is 4.79 Å². The molecular formula is C26H34N4O3. The Morgan fingerprint density at radius 3 is 2.73 bits per heavy atom. The van der Waals surface area contributed by atoms with Gasteiger partial charge in [-0.2, -0.15) is 0 Å². The normalized spacial score (nSPS) is 22.6. The Labute approximate surface area is 196 Å². The van der Waals surface area contributed by atoms with Crippen molar-refractivity contribution in [1.82, 2.24) is 4.98 Å². The molecule has 0 radical (unpaired) electrons. The molecule has 176 valence electrons. The lowest BCUT2D eigenvalue weighted by Gasteiger charge is -2.41. The maximum Gasteiger partial charge on any atom is 0.230 e. The summed E-state index contributed by atoms with van der Waals surface area (Å²) in [6.45, 7) is 3.41. The molecule has 33 heavy (non-hydrogen) atoms. The highest BCUT2D eigenvalue weighted by Gasteiger charge is 2.34. The number of hydrogen-bond acceptors (Lipinski definition) is 6. The van der Waals surface area contributed by atoms with Crippen molar-refractivity contribution in [2.75, 3.05) is 49.0 Å². The van der Waals surface area contributed by atoms with E-state index in [0.717, 1.165) is 74.6 Å². The molecule has 7 nitrogen and oxygen atoms in total. The standard InChI is InChI=1S/C26H34N4O3/c1-32-13-11-18-15-29(16-18)21-7-10-23-24(14-21)30(17-20-4-3-12-27-25(20)28-23)26(31)19-5-8-22(33-2)9-6-19/h3-4,7,10,12,14,18-19,22H,5-6,8-9,11,13,15-17H2,1-2H3,(H,27,28)/t19-,22-. The van der Waals surface area contributed by atoms with Crippen LogP contribution in [0.3, 0.4) is 0 Å². The molecule has 0 spiro atoms. The number of nitrogens with zero attached hydrogens (tertiary/aromatic N) is 3. The minimum absolute atomic E-state index is 0.0357. The molecule has 2 fully saturated rings. The lowest BCUT2D eigenvalue weighted by molar-refractivity contribution is -0.124. The zero-order valence-electron chi connectivity index (χ0n) is 19.6. The summed E-state index contributed by atoms with van der Waals surface area (Å²) >= 11 is 0. The number of anilines is 4. The summed E-state index contributed by atoms with van der Waals surface area (Å²) in [6.07, 6.45) is 6.81. The van der Waals surface area contributed by atoms with Gasteiger partial charge in [0.15, 0.2) is 0 Å². The van der Waals surface area contributed by atoms with Gasteiger partial charge in [0.25, 0.3) is 0 Å². The molecule has 0 unspecified atom stereocenters. The van der Waals surface area contributed by atoms with E-state index < -0.39 is 0 Å². The van der Waals surface area contributed by atoms with Crippen LogP contribution in [0, 0.1) is 11.8 Å². The molecule has 2 aliphatic heterocycles. The minimum atomic E-state index is 0.0357. The molecule has 1 aromatic heterocycles. The number of nitrogens with one attached hydrogen (secondary N) is 1. The second-order valence-corrected chi connectivity index (χ2v) is 9.52. The van der Waals surface area contributed by atoms with Gasteiger partial charge in [-0.1, -0.05) is 6.07 Å². The van der Waals surface area contributed by atoms with Crippen LogP contribution in [0.4, 0.5) is 22.9 Å². The molecule has 2 aromatic rings. The Balaban J connectivity index is 1.41. The molecule has 3 heterocycles. The van der Waals surface area contributed by atoms with Crippen LogP contribution in [0.25, 0.3) is 0 Å². The zero-order valence-corrected chi connectivity index (χ0v) is 19.6. The van der Waals surface area contributed by atoms with Crippen LogP contribution >= 0.6 is 0 Å². The van der Waals surface area contributed by atoms with E-state index in [2.05, 4.69) is 39.5 Å². The van der Waals surface area contributed by atoms with Gasteiger partial charge in [0.2, 0.25) is 5.91 Å². The van der Waals surface area contributed by atoms with Crippen molar-refractivity contribution in [3.05, 3.63) is 42.1 Å². The van der Waals surface area contributed by atoms with Crippen molar-refractivity contribution < 1.29 is 14.3 Å². The van der Waals surface area contributed by atoms with Gasteiger partial charge in [-0.25, -0.2) is 4.98 Å². The van der Waals surface area contributed by atoms with Crippen LogP contribution in [0.5, 0.6) is 0 Å². The molecular weight excluding hydrogens is 416 g/mol. The minimum Gasteiger partial charge on any atom is -0.385 e. The molecule has 1 saturated carbocycles. The number of carbonyl (C=O) groups excluding carboxylic acids is 1. The highest BCUT2D eigenvalue weighted by atomic mass is 16.5. The van der Waals surface area contributed by atoms with Gasteiger partial charge in [0.1, 0.15) is 5.82 Å². The van der Waals surface area contributed by atoms with Crippen molar-refractivity contribution in [3.8, 4) is 0 Å². The summed E-state index contributed by atoms with van der Waals surface area (Å²) in [7, 11) is 3.53. The molecule has 3 aliphatic rings. The van der Waals surface area contributed by atoms with E-state index in [-0.39, 0.29) is 17.9 Å². The van der Waals surface area contributed by atoms with Gasteiger partial charge in [-0.05, 0) is 62.3 Å². The second kappa shape index (κ2) is 9.69. The van der Waals surface area contributed by atoms with Crippen molar-refractivity contribution in [2.24, 2.45) is 11.8 Å². The average molecular weight is 451 g/mol. The maximum absolute atomic E-state index is 13.8. The van der Waals surface area contributed by atoms with E-state index in [4.69, 9.17) is 9.47 Å². The van der Waals surface area contributed by atoms with Crippen LogP contribution < -0.4 is 15.1 Å². The monoisotopic (exact) mass is 450 g/mol. The topological polar surface area (TPSA) is 66.9 Å². The Morgan fingerprint density at radius 2 is 1.97 bits per heavy atom. The first-order valence-corrected chi connectivity index (χ1v) is 12.1. The first-order valence-electron chi connectivity index (χ1n) is 12.1. The summed E-state index contributed by atoms with van der Waals surface area (Å²) in [6, 6.07) is 10.4. The Kier molecular flexibility index (Phi) is 6.51. The number of benzene rings is 1. The third-order valence-electron chi connectivity index (χ3n) is 7.42. The van der Waals surface area contributed by atoms with Crippen LogP contribution in [-0.2, 0) is 20.8 Å². The van der Waals surface area contributed by atoms with E-state index in [9.17, 15) is 4.79 Å². The van der Waals surface area contributed by atoms with Gasteiger partial charge in [0, 0.05) is 57.3 Å². The number of rotatable bonds is 6. The first kappa shape index (κ1) is 22.2. The van der Waals surface area contributed by atoms with Crippen molar-refractivity contribution in [3.63, 3.8) is 0 Å². The Morgan fingerprint density at radius 1 is 1.15 bits per heavy atom. The van der Waals surface area contributed by atoms with E-state index >= 15 is 0 Å². The highest BCUT2D eigenvalue weighted by molar-refractivity contribution is 6.00. The fourth-order valence-electron chi connectivity index (χ4n) is 5.32. The fraction of sp³-hybridized carbons (Fsp3) is 0.538. The Hall–Kier alpha value is -2.64. The quantitative estimate of drug-likeness (QED) is 0.706. The van der Waals surface area contributed by atoms with Crippen molar-refractivity contribution >= 4 is 28.8 Å². The molecule has 1 saturated heterocycles. The number of hydrogen-bond donors (Lipinski definition) is 1. The number of aromatic nitrogens is 1. The maximum atomic E-state index is 13.8. The molecule has 1 amide bonds. The second-order valence-electron chi connectivity index (χ2n) is 9.52. The largest absolute Gasteiger partial charge is 0.385 e. The summed E-state index contributed by atoms with van der Waals surface area (Å²) < 4.78 is 10.8. The first-order chi connectivity index (χ1) is 16.2. The van der Waals surface area contributed by atoms with E-state index in [1.807, 2.05) is 11.0 Å². The zero-order chi connectivity index (χ0) is 22.8. The van der Waals surface area contributed by atoms with Gasteiger partial charge >= 0.3 is 0 Å². The summed E-state index contributed by atoms with van der Waals surface area (Å²) in [5.74, 6) is 1.74. The third-order valence-corrected chi connectivity index (χ3v) is 7.42. The number of pyridine rings is 1. The predicted molar refractivity (Wildman–Crippen MR) is 130 cm³/mol. The summed E-state index contributed by atoms with van der Waals surface area (Å²) in [5, 5.41) is 3.49. The third kappa shape index (κ3) is 4.57. The molecule has 1 aromatic carbocycles. The van der Waals surface area contributed by atoms with E-state index in [0.29, 0.717) is 12.5 Å². The molecule has 7 heteroatoms. The molecule has 0 bridgehead atoms. The van der Waals surface area contributed by atoms with E-state index in [1.165, 1.54) is 5.69 Å². The smallest absolute Gasteiger partial charge is 0.230 e. The van der Waals surface area contributed by atoms with Crippen LogP contribution in [0.15, 0.2) is 36.5 Å². The van der Waals surface area contributed by atoms with Gasteiger partial charge < -0.3 is 24.6 Å². The SMILES string of the molecule is COCCC1CN(c2ccc3c(c2)N(C(=O)[C@H]2CC[C@H](OC)CC2)Cc2cccnc2N3)C1. The number of amides is 1. The van der Waals surface area contributed by atoms with Crippen molar-refractivity contribution in [1.29, 1.82) is 0 Å². The summed E-state index contributed by atoms with van der Waals surface area (Å²) in [5.41, 5.74) is 4.10. The Bertz CT molecular complexity index is 983. The highest BCUT2D eigenvalue weighted by Crippen LogP contribution is 2.40. The number of ether oxygens (including phenoxy) is 2. The molecule has 0 atom stereocenters. The van der Waals surface area contributed by atoms with Crippen LogP contribution in [0.1, 0.15) is 37.7 Å². The van der Waals surface area contributed by atoms with Crippen molar-refractivity contribution in [2.45, 2.75) is 44.8 Å². The predicted octanol–water partition coefficient (Wildman–Crippen LogP) is 4.35. The number of fused-ring (bicyclic) bond motifs is 2. The van der Waals surface area contributed by atoms with Crippen LogP contribution in [-0.4, -0.2) is 50.9 Å². The summed E-state index contributed by atoms with van der Waals surface area (Å²) in [4.78, 5) is 22.7. The molecule has 5 rings (SSSR count). The molecule has 1 aliphatic carbocycles. The van der Waals surface area contributed by atoms with Gasteiger partial charge in [0.05, 0.1) is 24.0 Å². The number of carbonyl (C=O) groups is 1. The molecule has 1 N–H and O–H groups in total. The fourth-order valence-corrected chi connectivity index (χ4v) is 5.32.